The average Bonchev–Trinajstić information content (AvgIpc) is 2.27. The predicted octanol–water partition coefficient (Wildman–Crippen LogP) is 3.44. The van der Waals surface area contributed by atoms with Crippen LogP contribution in [0, 0.1) is 6.92 Å². The van der Waals surface area contributed by atoms with E-state index in [9.17, 15) is 5.11 Å². The molecule has 0 saturated heterocycles. The molecular formula is C13H12BrNO2. The van der Waals surface area contributed by atoms with Crippen LogP contribution in [0.3, 0.4) is 0 Å². The maximum Gasteiger partial charge on any atom is 0.130 e. The summed E-state index contributed by atoms with van der Waals surface area (Å²) in [6.07, 6.45) is 1.73. The fourth-order valence-corrected chi connectivity index (χ4v) is 1.70. The molecule has 1 heterocycles. The number of halogens is 1. The van der Waals surface area contributed by atoms with Crippen LogP contribution in [0.4, 0.5) is 0 Å². The molecule has 0 aliphatic rings. The zero-order chi connectivity index (χ0) is 12.3. The third kappa shape index (κ3) is 3.46. The Morgan fingerprint density at radius 2 is 2.12 bits per heavy atom. The Hall–Kier alpha value is -1.55. The fourth-order valence-electron chi connectivity index (χ4n) is 1.46. The molecular weight excluding hydrogens is 282 g/mol. The number of hydrogen-bond donors (Lipinski definition) is 1. The molecule has 3 nitrogen and oxygen atoms in total. The van der Waals surface area contributed by atoms with E-state index in [1.54, 1.807) is 18.3 Å². The van der Waals surface area contributed by atoms with Gasteiger partial charge in [-0.25, -0.2) is 0 Å². The third-order valence-corrected chi connectivity index (χ3v) is 2.68. The lowest BCUT2D eigenvalue weighted by atomic mass is 10.2. The second kappa shape index (κ2) is 5.19. The number of rotatable bonds is 3. The summed E-state index contributed by atoms with van der Waals surface area (Å²) in [6, 6.07) is 8.95. The predicted molar refractivity (Wildman–Crippen MR) is 69.1 cm³/mol. The molecule has 4 heteroatoms. The van der Waals surface area contributed by atoms with Gasteiger partial charge in [0.25, 0.3) is 0 Å². The number of aromatic nitrogens is 1. The van der Waals surface area contributed by atoms with Crippen LogP contribution in [-0.2, 0) is 6.61 Å². The SMILES string of the molecule is Cc1cc(O)cc(OCc2ccc(Br)cn2)c1. The van der Waals surface area contributed by atoms with Crippen LogP contribution < -0.4 is 4.74 Å². The highest BCUT2D eigenvalue weighted by atomic mass is 79.9. The number of benzene rings is 1. The molecule has 0 aliphatic heterocycles. The van der Waals surface area contributed by atoms with Crippen molar-refractivity contribution in [3.05, 3.63) is 52.3 Å². The molecule has 0 aliphatic carbocycles. The highest BCUT2D eigenvalue weighted by Crippen LogP contribution is 2.22. The molecule has 0 unspecified atom stereocenters. The Morgan fingerprint density at radius 3 is 2.76 bits per heavy atom. The molecule has 0 bridgehead atoms. The Bertz CT molecular complexity index is 491. The van der Waals surface area contributed by atoms with E-state index >= 15 is 0 Å². The summed E-state index contributed by atoms with van der Waals surface area (Å²) >= 11 is 3.32. The summed E-state index contributed by atoms with van der Waals surface area (Å²) in [4.78, 5) is 4.20. The number of aryl methyl sites for hydroxylation is 1. The molecule has 0 amide bonds. The first-order chi connectivity index (χ1) is 8.13. The molecule has 0 fully saturated rings. The molecule has 88 valence electrons. The summed E-state index contributed by atoms with van der Waals surface area (Å²) in [6.45, 7) is 2.29. The van der Waals surface area contributed by atoms with E-state index in [4.69, 9.17) is 4.74 Å². The zero-order valence-corrected chi connectivity index (χ0v) is 10.9. The van der Waals surface area contributed by atoms with Gasteiger partial charge >= 0.3 is 0 Å². The van der Waals surface area contributed by atoms with Crippen molar-refractivity contribution in [1.29, 1.82) is 0 Å². The van der Waals surface area contributed by atoms with Gasteiger partial charge in [0, 0.05) is 16.7 Å². The van der Waals surface area contributed by atoms with E-state index in [0.29, 0.717) is 12.4 Å². The number of pyridine rings is 1. The monoisotopic (exact) mass is 293 g/mol. The molecule has 2 rings (SSSR count). The van der Waals surface area contributed by atoms with Crippen LogP contribution in [0.25, 0.3) is 0 Å². The van der Waals surface area contributed by atoms with Crippen LogP contribution in [0.5, 0.6) is 11.5 Å². The van der Waals surface area contributed by atoms with E-state index in [0.717, 1.165) is 15.7 Å². The number of hydrogen-bond acceptors (Lipinski definition) is 3. The van der Waals surface area contributed by atoms with Gasteiger partial charge in [-0.3, -0.25) is 4.98 Å². The maximum absolute atomic E-state index is 9.43. The fraction of sp³-hybridized carbons (Fsp3) is 0.154. The van der Waals surface area contributed by atoms with E-state index in [-0.39, 0.29) is 5.75 Å². The molecule has 17 heavy (non-hydrogen) atoms. The van der Waals surface area contributed by atoms with Crippen molar-refractivity contribution in [2.75, 3.05) is 0 Å². The average molecular weight is 294 g/mol. The van der Waals surface area contributed by atoms with Crippen molar-refractivity contribution >= 4 is 15.9 Å². The lowest BCUT2D eigenvalue weighted by Crippen LogP contribution is -1.97. The Kier molecular flexibility index (Phi) is 3.64. The Morgan fingerprint density at radius 1 is 1.29 bits per heavy atom. The van der Waals surface area contributed by atoms with Crippen molar-refractivity contribution in [3.63, 3.8) is 0 Å². The molecule has 0 atom stereocenters. The quantitative estimate of drug-likeness (QED) is 0.943. The van der Waals surface area contributed by atoms with Gasteiger partial charge in [0.15, 0.2) is 0 Å². The first kappa shape index (κ1) is 11.9. The Balaban J connectivity index is 2.04. The minimum Gasteiger partial charge on any atom is -0.508 e. The van der Waals surface area contributed by atoms with Crippen molar-refractivity contribution in [3.8, 4) is 11.5 Å². The van der Waals surface area contributed by atoms with Crippen molar-refractivity contribution in [1.82, 2.24) is 4.98 Å². The van der Waals surface area contributed by atoms with Crippen molar-refractivity contribution in [2.24, 2.45) is 0 Å². The van der Waals surface area contributed by atoms with Gasteiger partial charge in [0.05, 0.1) is 5.69 Å². The molecule has 1 aromatic carbocycles. The van der Waals surface area contributed by atoms with Gasteiger partial charge in [-0.1, -0.05) is 0 Å². The molecule has 1 N–H and O–H groups in total. The van der Waals surface area contributed by atoms with Gasteiger partial charge < -0.3 is 9.84 Å². The highest BCUT2D eigenvalue weighted by molar-refractivity contribution is 9.10. The third-order valence-electron chi connectivity index (χ3n) is 2.21. The second-order valence-corrected chi connectivity index (χ2v) is 4.68. The molecule has 0 radical (unpaired) electrons. The second-order valence-electron chi connectivity index (χ2n) is 3.76. The summed E-state index contributed by atoms with van der Waals surface area (Å²) in [5, 5.41) is 9.43. The van der Waals surface area contributed by atoms with E-state index in [2.05, 4.69) is 20.9 Å². The number of ether oxygens (including phenoxy) is 1. The minimum absolute atomic E-state index is 0.212. The van der Waals surface area contributed by atoms with E-state index < -0.39 is 0 Å². The van der Waals surface area contributed by atoms with Gasteiger partial charge in [0.2, 0.25) is 0 Å². The summed E-state index contributed by atoms with van der Waals surface area (Å²) in [5.74, 6) is 0.857. The minimum atomic E-state index is 0.212. The first-order valence-electron chi connectivity index (χ1n) is 5.17. The number of nitrogens with zero attached hydrogens (tertiary/aromatic N) is 1. The lowest BCUT2D eigenvalue weighted by Gasteiger charge is -2.07. The van der Waals surface area contributed by atoms with Crippen LogP contribution in [-0.4, -0.2) is 10.1 Å². The maximum atomic E-state index is 9.43. The number of phenols is 1. The number of phenolic OH excluding ortho intramolecular Hbond substituents is 1. The van der Waals surface area contributed by atoms with Crippen LogP contribution in [0.15, 0.2) is 41.0 Å². The van der Waals surface area contributed by atoms with Gasteiger partial charge in [-0.05, 0) is 52.7 Å². The van der Waals surface area contributed by atoms with Gasteiger partial charge in [-0.2, -0.15) is 0 Å². The number of aromatic hydroxyl groups is 1. The van der Waals surface area contributed by atoms with E-state index in [1.807, 2.05) is 25.1 Å². The molecule has 2 aromatic rings. The topological polar surface area (TPSA) is 42.4 Å². The molecule has 0 spiro atoms. The lowest BCUT2D eigenvalue weighted by molar-refractivity contribution is 0.299. The first-order valence-corrected chi connectivity index (χ1v) is 5.97. The van der Waals surface area contributed by atoms with Gasteiger partial charge in [-0.15, -0.1) is 0 Å². The van der Waals surface area contributed by atoms with E-state index in [1.165, 1.54) is 0 Å². The summed E-state index contributed by atoms with van der Waals surface area (Å²) in [7, 11) is 0. The standard InChI is InChI=1S/C13H12BrNO2/c1-9-4-12(16)6-13(5-9)17-8-11-3-2-10(14)7-15-11/h2-7,16H,8H2,1H3. The van der Waals surface area contributed by atoms with Crippen molar-refractivity contribution in [2.45, 2.75) is 13.5 Å². The van der Waals surface area contributed by atoms with Crippen LogP contribution in [0.1, 0.15) is 11.3 Å². The molecule has 0 saturated carbocycles. The largest absolute Gasteiger partial charge is 0.508 e. The highest BCUT2D eigenvalue weighted by Gasteiger charge is 2.00. The van der Waals surface area contributed by atoms with Crippen molar-refractivity contribution < 1.29 is 9.84 Å². The summed E-state index contributed by atoms with van der Waals surface area (Å²) in [5.41, 5.74) is 1.80. The normalized spacial score (nSPS) is 10.2. The Labute approximate surface area is 108 Å². The van der Waals surface area contributed by atoms with Crippen LogP contribution >= 0.6 is 15.9 Å². The van der Waals surface area contributed by atoms with Crippen LogP contribution in [0.2, 0.25) is 0 Å². The smallest absolute Gasteiger partial charge is 0.130 e. The molecule has 1 aromatic heterocycles. The zero-order valence-electron chi connectivity index (χ0n) is 9.35. The van der Waals surface area contributed by atoms with Gasteiger partial charge in [0.1, 0.15) is 18.1 Å². The summed E-state index contributed by atoms with van der Waals surface area (Å²) < 4.78 is 6.50.